The molecule has 0 fully saturated rings. The van der Waals surface area contributed by atoms with Crippen LogP contribution in [0.1, 0.15) is 24.2 Å². The Morgan fingerprint density at radius 3 is 2.31 bits per heavy atom. The minimum absolute atomic E-state index is 0.0715. The summed E-state index contributed by atoms with van der Waals surface area (Å²) in [7, 11) is 0. The van der Waals surface area contributed by atoms with E-state index in [0.29, 0.717) is 18.0 Å². The van der Waals surface area contributed by atoms with Gasteiger partial charge in [-0.2, -0.15) is 0 Å². The summed E-state index contributed by atoms with van der Waals surface area (Å²) in [4.78, 5) is 11.7. The first-order valence-electron chi connectivity index (χ1n) is 4.88. The molecule has 0 saturated carbocycles. The largest absolute Gasteiger partial charge is 0.505 e. The summed E-state index contributed by atoms with van der Waals surface area (Å²) in [5.41, 5.74) is 0.341. The fourth-order valence-corrected chi connectivity index (χ4v) is 1.58. The predicted molar refractivity (Wildman–Crippen MR) is 65.3 cm³/mol. The van der Waals surface area contributed by atoms with Crippen molar-refractivity contribution in [3.63, 3.8) is 0 Å². The quantitative estimate of drug-likeness (QED) is 0.879. The van der Waals surface area contributed by atoms with Gasteiger partial charge in [-0.3, -0.25) is 4.79 Å². The first-order valence-corrected chi connectivity index (χ1v) is 5.63. The van der Waals surface area contributed by atoms with E-state index in [1.54, 1.807) is 0 Å². The SMILES string of the molecule is CC(C)CNC(=O)c1cc(Cl)c(O)c(Cl)c1. The van der Waals surface area contributed by atoms with Gasteiger partial charge in [0, 0.05) is 12.1 Å². The Morgan fingerprint density at radius 1 is 1.38 bits per heavy atom. The van der Waals surface area contributed by atoms with Gasteiger partial charge in [0.05, 0.1) is 10.0 Å². The number of benzene rings is 1. The molecular weight excluding hydrogens is 249 g/mol. The molecule has 5 heteroatoms. The van der Waals surface area contributed by atoms with Crippen LogP contribution in [0.15, 0.2) is 12.1 Å². The summed E-state index contributed by atoms with van der Waals surface area (Å²) in [6.45, 7) is 4.57. The topological polar surface area (TPSA) is 49.3 Å². The van der Waals surface area contributed by atoms with Crippen molar-refractivity contribution in [2.75, 3.05) is 6.54 Å². The standard InChI is InChI=1S/C11H13Cl2NO2/c1-6(2)5-14-11(16)7-3-8(12)10(15)9(13)4-7/h3-4,6,15H,5H2,1-2H3,(H,14,16). The fourth-order valence-electron chi connectivity index (χ4n) is 1.10. The molecule has 0 aliphatic carbocycles. The third-order valence-corrected chi connectivity index (χ3v) is 2.53. The molecule has 0 bridgehead atoms. The lowest BCUT2D eigenvalue weighted by atomic mass is 10.2. The minimum Gasteiger partial charge on any atom is -0.505 e. The zero-order chi connectivity index (χ0) is 12.3. The Labute approximate surface area is 104 Å². The monoisotopic (exact) mass is 261 g/mol. The van der Waals surface area contributed by atoms with Crippen molar-refractivity contribution in [3.05, 3.63) is 27.7 Å². The number of phenolic OH excluding ortho intramolecular Hbond substituents is 1. The molecule has 0 aliphatic heterocycles. The highest BCUT2D eigenvalue weighted by molar-refractivity contribution is 6.37. The van der Waals surface area contributed by atoms with E-state index >= 15 is 0 Å². The molecule has 88 valence electrons. The molecule has 0 saturated heterocycles. The van der Waals surface area contributed by atoms with Crippen molar-refractivity contribution < 1.29 is 9.90 Å². The number of amides is 1. The lowest BCUT2D eigenvalue weighted by molar-refractivity contribution is 0.0949. The van der Waals surface area contributed by atoms with Crippen LogP contribution in [-0.2, 0) is 0 Å². The molecular formula is C11H13Cl2NO2. The van der Waals surface area contributed by atoms with Crippen molar-refractivity contribution in [2.24, 2.45) is 5.92 Å². The predicted octanol–water partition coefficient (Wildman–Crippen LogP) is 3.08. The molecule has 1 rings (SSSR count). The number of nitrogens with one attached hydrogen (secondary N) is 1. The van der Waals surface area contributed by atoms with Crippen LogP contribution in [0, 0.1) is 5.92 Å². The zero-order valence-corrected chi connectivity index (χ0v) is 10.6. The highest BCUT2D eigenvalue weighted by atomic mass is 35.5. The molecule has 0 heterocycles. The van der Waals surface area contributed by atoms with Crippen LogP contribution in [0.25, 0.3) is 0 Å². The van der Waals surface area contributed by atoms with Crippen LogP contribution in [0.5, 0.6) is 5.75 Å². The van der Waals surface area contributed by atoms with E-state index in [0.717, 1.165) is 0 Å². The molecule has 1 aromatic rings. The van der Waals surface area contributed by atoms with Crippen LogP contribution in [0.2, 0.25) is 10.0 Å². The van der Waals surface area contributed by atoms with Gasteiger partial charge in [-0.1, -0.05) is 37.0 Å². The maximum atomic E-state index is 11.7. The Morgan fingerprint density at radius 2 is 1.88 bits per heavy atom. The number of phenols is 1. The van der Waals surface area contributed by atoms with E-state index in [1.165, 1.54) is 12.1 Å². The fraction of sp³-hybridized carbons (Fsp3) is 0.364. The summed E-state index contributed by atoms with van der Waals surface area (Å²) in [5, 5.41) is 12.2. The molecule has 0 aromatic heterocycles. The number of carbonyl (C=O) groups is 1. The van der Waals surface area contributed by atoms with Gasteiger partial charge in [0.25, 0.3) is 5.91 Å². The van der Waals surface area contributed by atoms with Crippen LogP contribution in [0.3, 0.4) is 0 Å². The number of aromatic hydroxyl groups is 1. The van der Waals surface area contributed by atoms with Crippen LogP contribution in [0.4, 0.5) is 0 Å². The molecule has 3 nitrogen and oxygen atoms in total. The minimum atomic E-state index is -0.252. The summed E-state index contributed by atoms with van der Waals surface area (Å²) in [6, 6.07) is 2.77. The van der Waals surface area contributed by atoms with Crippen molar-refractivity contribution >= 4 is 29.1 Å². The zero-order valence-electron chi connectivity index (χ0n) is 9.05. The first kappa shape index (κ1) is 13.1. The Balaban J connectivity index is 2.84. The van der Waals surface area contributed by atoms with E-state index in [4.69, 9.17) is 23.2 Å². The van der Waals surface area contributed by atoms with Crippen molar-refractivity contribution in [1.82, 2.24) is 5.32 Å². The van der Waals surface area contributed by atoms with Crippen LogP contribution < -0.4 is 5.32 Å². The van der Waals surface area contributed by atoms with E-state index in [2.05, 4.69) is 5.32 Å². The molecule has 0 atom stereocenters. The third-order valence-electron chi connectivity index (χ3n) is 1.95. The number of hydrogen-bond acceptors (Lipinski definition) is 2. The van der Waals surface area contributed by atoms with Crippen molar-refractivity contribution in [2.45, 2.75) is 13.8 Å². The molecule has 2 N–H and O–H groups in total. The molecule has 0 unspecified atom stereocenters. The van der Waals surface area contributed by atoms with Gasteiger partial charge in [-0.25, -0.2) is 0 Å². The van der Waals surface area contributed by atoms with Crippen molar-refractivity contribution in [1.29, 1.82) is 0 Å². The van der Waals surface area contributed by atoms with E-state index < -0.39 is 0 Å². The van der Waals surface area contributed by atoms with Gasteiger partial charge in [0.1, 0.15) is 0 Å². The molecule has 0 spiro atoms. The van der Waals surface area contributed by atoms with Gasteiger partial charge >= 0.3 is 0 Å². The van der Waals surface area contributed by atoms with E-state index in [-0.39, 0.29) is 21.7 Å². The molecule has 0 radical (unpaired) electrons. The van der Waals surface area contributed by atoms with Gasteiger partial charge in [-0.05, 0) is 18.1 Å². The van der Waals surface area contributed by atoms with Gasteiger partial charge < -0.3 is 10.4 Å². The summed E-state index contributed by atoms with van der Waals surface area (Å²) in [5.74, 6) is -0.0896. The Kier molecular flexibility index (Phi) is 4.44. The second-order valence-corrected chi connectivity index (χ2v) is 4.71. The van der Waals surface area contributed by atoms with Gasteiger partial charge in [0.15, 0.2) is 5.75 Å². The molecule has 1 aromatic carbocycles. The lowest BCUT2D eigenvalue weighted by Gasteiger charge is -2.09. The molecule has 1 amide bonds. The number of halogens is 2. The summed E-state index contributed by atoms with van der Waals surface area (Å²) >= 11 is 11.4. The first-order chi connectivity index (χ1) is 7.41. The Hall–Kier alpha value is -0.930. The average molecular weight is 262 g/mol. The maximum Gasteiger partial charge on any atom is 0.251 e. The Bertz CT molecular complexity index is 382. The van der Waals surface area contributed by atoms with Gasteiger partial charge in [0.2, 0.25) is 0 Å². The molecule has 16 heavy (non-hydrogen) atoms. The smallest absolute Gasteiger partial charge is 0.251 e. The third kappa shape index (κ3) is 3.29. The normalized spacial score (nSPS) is 10.6. The highest BCUT2D eigenvalue weighted by Crippen LogP contribution is 2.32. The summed E-state index contributed by atoms with van der Waals surface area (Å²) in [6.07, 6.45) is 0. The van der Waals surface area contributed by atoms with Crippen LogP contribution >= 0.6 is 23.2 Å². The van der Waals surface area contributed by atoms with E-state index in [1.807, 2.05) is 13.8 Å². The number of rotatable bonds is 3. The maximum absolute atomic E-state index is 11.7. The van der Waals surface area contributed by atoms with Crippen LogP contribution in [-0.4, -0.2) is 17.6 Å². The second kappa shape index (κ2) is 5.41. The second-order valence-electron chi connectivity index (χ2n) is 3.89. The summed E-state index contributed by atoms with van der Waals surface area (Å²) < 4.78 is 0. The van der Waals surface area contributed by atoms with E-state index in [9.17, 15) is 9.90 Å². The highest BCUT2D eigenvalue weighted by Gasteiger charge is 2.12. The lowest BCUT2D eigenvalue weighted by Crippen LogP contribution is -2.27. The van der Waals surface area contributed by atoms with Crippen molar-refractivity contribution in [3.8, 4) is 5.75 Å². The number of hydrogen-bond donors (Lipinski definition) is 2. The molecule has 0 aliphatic rings. The number of carbonyl (C=O) groups excluding carboxylic acids is 1. The average Bonchev–Trinajstić information content (AvgIpc) is 2.21. The van der Waals surface area contributed by atoms with Gasteiger partial charge in [-0.15, -0.1) is 0 Å².